The smallest absolute Gasteiger partial charge is 0.356 e. The Morgan fingerprint density at radius 3 is 2.41 bits per heavy atom. The molecule has 0 spiro atoms. The SMILES string of the molecule is Cc1c(Cl)cccc1NC(=O)c1cc(NC(=O)c2ccccc2C(F)(F)F)cc2[nH]c(NCCCN(C)C)nc12.Cl. The number of imidazole rings is 1. The number of carbonyl (C=O) groups excluding carboxylic acids is 2. The third kappa shape index (κ3) is 7.69. The Hall–Kier alpha value is -3.80. The topological polar surface area (TPSA) is 102 Å². The van der Waals surface area contributed by atoms with Gasteiger partial charge in [-0.05, 0) is 75.9 Å². The third-order valence-corrected chi connectivity index (χ3v) is 6.57. The fraction of sp³-hybridized carbons (Fsp3) is 0.250. The highest BCUT2D eigenvalue weighted by molar-refractivity contribution is 6.31. The van der Waals surface area contributed by atoms with Gasteiger partial charge in [0.2, 0.25) is 5.95 Å². The Balaban J connectivity index is 0.00000462. The highest BCUT2D eigenvalue weighted by atomic mass is 35.5. The van der Waals surface area contributed by atoms with Gasteiger partial charge in [-0.25, -0.2) is 4.98 Å². The Kier molecular flexibility index (Phi) is 10.2. The van der Waals surface area contributed by atoms with E-state index in [0.29, 0.717) is 39.8 Å². The summed E-state index contributed by atoms with van der Waals surface area (Å²) >= 11 is 6.20. The maximum atomic E-state index is 13.5. The number of halogens is 5. The first-order valence-electron chi connectivity index (χ1n) is 12.4. The summed E-state index contributed by atoms with van der Waals surface area (Å²) in [6.45, 7) is 3.22. The van der Waals surface area contributed by atoms with Crippen LogP contribution in [0.5, 0.6) is 0 Å². The predicted molar refractivity (Wildman–Crippen MR) is 159 cm³/mol. The summed E-state index contributed by atoms with van der Waals surface area (Å²) in [6.07, 6.45) is -3.88. The van der Waals surface area contributed by atoms with Gasteiger partial charge in [0.05, 0.1) is 22.2 Å². The van der Waals surface area contributed by atoms with Gasteiger partial charge >= 0.3 is 6.18 Å². The van der Waals surface area contributed by atoms with E-state index in [2.05, 4.69) is 25.9 Å². The van der Waals surface area contributed by atoms with Crippen molar-refractivity contribution in [3.63, 3.8) is 0 Å². The van der Waals surface area contributed by atoms with Crippen LogP contribution in [0.3, 0.4) is 0 Å². The first kappa shape index (κ1) is 31.7. The van der Waals surface area contributed by atoms with Gasteiger partial charge in [-0.1, -0.05) is 29.8 Å². The number of anilines is 3. The number of amides is 2. The highest BCUT2D eigenvalue weighted by Gasteiger charge is 2.35. The highest BCUT2D eigenvalue weighted by Crippen LogP contribution is 2.33. The summed E-state index contributed by atoms with van der Waals surface area (Å²) in [6, 6.07) is 12.5. The molecule has 0 saturated heterocycles. The molecule has 3 aromatic carbocycles. The molecule has 0 saturated carbocycles. The van der Waals surface area contributed by atoms with Gasteiger partial charge < -0.3 is 25.8 Å². The van der Waals surface area contributed by atoms with Crippen molar-refractivity contribution in [3.8, 4) is 0 Å². The van der Waals surface area contributed by atoms with E-state index in [4.69, 9.17) is 11.6 Å². The third-order valence-electron chi connectivity index (χ3n) is 6.16. The Morgan fingerprint density at radius 2 is 1.71 bits per heavy atom. The number of benzene rings is 3. The van der Waals surface area contributed by atoms with Gasteiger partial charge in [0.1, 0.15) is 5.52 Å². The monoisotopic (exact) mass is 608 g/mol. The molecule has 0 aliphatic heterocycles. The molecular weight excluding hydrogens is 580 g/mol. The lowest BCUT2D eigenvalue weighted by Gasteiger charge is -2.14. The molecule has 4 aromatic rings. The Labute approximate surface area is 246 Å². The lowest BCUT2D eigenvalue weighted by Crippen LogP contribution is -2.19. The van der Waals surface area contributed by atoms with Crippen molar-refractivity contribution >= 4 is 64.2 Å². The quantitative estimate of drug-likeness (QED) is 0.156. The number of rotatable bonds is 9. The zero-order valence-electron chi connectivity index (χ0n) is 22.4. The molecule has 0 atom stereocenters. The van der Waals surface area contributed by atoms with Crippen molar-refractivity contribution in [2.75, 3.05) is 43.1 Å². The standard InChI is InChI=1S/C28H28ClF3N6O2.ClH/c1-16-21(29)10-6-11-22(16)35-26(40)19-14-17(34-25(39)18-8-4-5-9-20(18)28(30,31)32)15-23-24(19)37-27(36-23)33-12-7-13-38(2)3;/h4-6,8-11,14-15H,7,12-13H2,1-3H3,(H,34,39)(H,35,40)(H2,33,36,37);1H. The first-order valence-corrected chi connectivity index (χ1v) is 12.8. The Morgan fingerprint density at radius 1 is 1.00 bits per heavy atom. The lowest BCUT2D eigenvalue weighted by atomic mass is 10.1. The number of hydrogen-bond donors (Lipinski definition) is 4. The summed E-state index contributed by atoms with van der Waals surface area (Å²) in [5, 5.41) is 8.96. The molecule has 1 heterocycles. The maximum absolute atomic E-state index is 13.5. The summed E-state index contributed by atoms with van der Waals surface area (Å²) < 4.78 is 40.5. The van der Waals surface area contributed by atoms with Crippen LogP contribution in [-0.4, -0.2) is 53.9 Å². The second-order valence-electron chi connectivity index (χ2n) is 9.45. The van der Waals surface area contributed by atoms with Gasteiger partial charge in [0.25, 0.3) is 11.8 Å². The number of carbonyl (C=O) groups is 2. The van der Waals surface area contributed by atoms with E-state index in [1.165, 1.54) is 24.3 Å². The number of alkyl halides is 3. The van der Waals surface area contributed by atoms with Crippen LogP contribution in [0.1, 0.15) is 38.3 Å². The summed E-state index contributed by atoms with van der Waals surface area (Å²) in [5.74, 6) is -1.09. The van der Waals surface area contributed by atoms with Crippen molar-refractivity contribution in [2.24, 2.45) is 0 Å². The number of aromatic amines is 1. The molecule has 0 aliphatic rings. The number of hydrogen-bond acceptors (Lipinski definition) is 5. The number of fused-ring (bicyclic) bond motifs is 1. The average Bonchev–Trinajstić information content (AvgIpc) is 3.31. The van der Waals surface area contributed by atoms with E-state index in [0.717, 1.165) is 25.1 Å². The van der Waals surface area contributed by atoms with Gasteiger partial charge in [0.15, 0.2) is 0 Å². The van der Waals surface area contributed by atoms with Crippen LogP contribution in [-0.2, 0) is 6.18 Å². The van der Waals surface area contributed by atoms with E-state index in [1.54, 1.807) is 25.1 Å². The van der Waals surface area contributed by atoms with Crippen LogP contribution in [0.2, 0.25) is 5.02 Å². The summed E-state index contributed by atoms with van der Waals surface area (Å²) in [7, 11) is 3.94. The van der Waals surface area contributed by atoms with E-state index in [9.17, 15) is 22.8 Å². The van der Waals surface area contributed by atoms with Gasteiger partial charge in [-0.15, -0.1) is 12.4 Å². The van der Waals surface area contributed by atoms with Crippen molar-refractivity contribution in [2.45, 2.75) is 19.5 Å². The molecule has 0 unspecified atom stereocenters. The van der Waals surface area contributed by atoms with Crippen LogP contribution in [0.25, 0.3) is 11.0 Å². The molecular formula is C28H29Cl2F3N6O2. The van der Waals surface area contributed by atoms with Crippen molar-refractivity contribution < 1.29 is 22.8 Å². The van der Waals surface area contributed by atoms with Gasteiger partial charge in [-0.3, -0.25) is 9.59 Å². The summed E-state index contributed by atoms with van der Waals surface area (Å²) in [5.41, 5.74) is 0.492. The summed E-state index contributed by atoms with van der Waals surface area (Å²) in [4.78, 5) is 36.0. The minimum Gasteiger partial charge on any atom is -0.356 e. The normalized spacial score (nSPS) is 11.3. The molecule has 4 N–H and O–H groups in total. The van der Waals surface area contributed by atoms with Crippen LogP contribution >= 0.6 is 24.0 Å². The molecule has 4 rings (SSSR count). The molecule has 0 fully saturated rings. The molecule has 218 valence electrons. The van der Waals surface area contributed by atoms with Crippen molar-refractivity contribution in [1.29, 1.82) is 0 Å². The number of nitrogens with one attached hydrogen (secondary N) is 4. The predicted octanol–water partition coefficient (Wildman–Crippen LogP) is 6.83. The van der Waals surface area contributed by atoms with Crippen molar-refractivity contribution in [3.05, 3.63) is 81.9 Å². The average molecular weight is 609 g/mol. The minimum atomic E-state index is -4.71. The van der Waals surface area contributed by atoms with E-state index >= 15 is 0 Å². The van der Waals surface area contributed by atoms with E-state index in [-0.39, 0.29) is 23.7 Å². The van der Waals surface area contributed by atoms with Crippen LogP contribution in [0, 0.1) is 6.92 Å². The van der Waals surface area contributed by atoms with Crippen LogP contribution in [0.4, 0.5) is 30.5 Å². The zero-order chi connectivity index (χ0) is 29.0. The number of nitrogens with zero attached hydrogens (tertiary/aromatic N) is 2. The molecule has 1 aromatic heterocycles. The fourth-order valence-electron chi connectivity index (χ4n) is 4.11. The van der Waals surface area contributed by atoms with Gasteiger partial charge in [-0.2, -0.15) is 13.2 Å². The van der Waals surface area contributed by atoms with Crippen molar-refractivity contribution in [1.82, 2.24) is 14.9 Å². The van der Waals surface area contributed by atoms with Crippen LogP contribution < -0.4 is 16.0 Å². The van der Waals surface area contributed by atoms with Crippen LogP contribution in [0.15, 0.2) is 54.6 Å². The van der Waals surface area contributed by atoms with Gasteiger partial charge in [0, 0.05) is 22.9 Å². The first-order chi connectivity index (χ1) is 18.9. The zero-order valence-corrected chi connectivity index (χ0v) is 24.0. The molecule has 0 bridgehead atoms. The lowest BCUT2D eigenvalue weighted by molar-refractivity contribution is -0.137. The largest absolute Gasteiger partial charge is 0.417 e. The van der Waals surface area contributed by atoms with E-state index in [1.807, 2.05) is 19.0 Å². The minimum absolute atomic E-state index is 0. The fourth-order valence-corrected chi connectivity index (χ4v) is 4.28. The second kappa shape index (κ2) is 13.2. The molecule has 13 heteroatoms. The Bertz CT molecular complexity index is 1560. The molecule has 41 heavy (non-hydrogen) atoms. The molecule has 0 aliphatic carbocycles. The molecule has 8 nitrogen and oxygen atoms in total. The second-order valence-corrected chi connectivity index (χ2v) is 9.86. The number of aromatic nitrogens is 2. The van der Waals surface area contributed by atoms with E-state index < -0.39 is 29.1 Å². The molecule has 0 radical (unpaired) electrons. The molecule has 2 amide bonds. The number of H-pyrrole nitrogens is 1. The maximum Gasteiger partial charge on any atom is 0.417 e.